The van der Waals surface area contributed by atoms with Gasteiger partial charge in [-0.1, -0.05) is 49.4 Å². The van der Waals surface area contributed by atoms with Crippen LogP contribution in [0.5, 0.6) is 0 Å². The van der Waals surface area contributed by atoms with Gasteiger partial charge >= 0.3 is 0 Å². The Morgan fingerprint density at radius 1 is 1.05 bits per heavy atom. The van der Waals surface area contributed by atoms with Crippen LogP contribution in [0.2, 0.25) is 0 Å². The number of fused-ring (bicyclic) bond motifs is 1. The lowest BCUT2D eigenvalue weighted by Gasteiger charge is -2.30. The maximum atomic E-state index is 13.2. The number of nitrogens with one attached hydrogen (secondary N) is 1. The van der Waals surface area contributed by atoms with E-state index < -0.39 is 0 Å². The molecule has 5 aromatic rings. The third-order valence-electron chi connectivity index (χ3n) is 6.84. The monoisotopic (exact) mass is 512 g/mol. The summed E-state index contributed by atoms with van der Waals surface area (Å²) in [5.41, 5.74) is 5.13. The molecule has 0 aliphatic rings. The van der Waals surface area contributed by atoms with Crippen LogP contribution in [0.1, 0.15) is 52.3 Å². The van der Waals surface area contributed by atoms with Crippen LogP contribution in [0, 0.1) is 13.8 Å². The van der Waals surface area contributed by atoms with Crippen LogP contribution >= 0.6 is 11.3 Å². The fourth-order valence-corrected chi connectivity index (χ4v) is 5.75. The summed E-state index contributed by atoms with van der Waals surface area (Å²) in [6.45, 7) is 8.21. The second-order valence-electron chi connectivity index (χ2n) is 9.57. The molecule has 2 aromatic carbocycles. The molecule has 0 amide bonds. The zero-order valence-corrected chi connectivity index (χ0v) is 22.3. The second-order valence-corrected chi connectivity index (χ2v) is 10.6. The van der Waals surface area contributed by atoms with Gasteiger partial charge in [-0.15, -0.1) is 16.4 Å². The van der Waals surface area contributed by atoms with Gasteiger partial charge in [0.05, 0.1) is 6.04 Å². The average Bonchev–Trinajstić information content (AvgIpc) is 3.57. The van der Waals surface area contributed by atoms with Crippen molar-refractivity contribution in [1.29, 1.82) is 0 Å². The first-order valence-corrected chi connectivity index (χ1v) is 13.6. The molecule has 190 valence electrons. The molecule has 3 aromatic heterocycles. The molecule has 0 radical (unpaired) electrons. The van der Waals surface area contributed by atoms with Crippen molar-refractivity contribution in [3.63, 3.8) is 0 Å². The summed E-state index contributed by atoms with van der Waals surface area (Å²) in [4.78, 5) is 19.9. The minimum Gasteiger partial charge on any atom is -0.322 e. The number of aryl methyl sites for hydroxylation is 4. The maximum Gasteiger partial charge on any atom is 0.252 e. The van der Waals surface area contributed by atoms with Crippen LogP contribution in [0.4, 0.5) is 0 Å². The van der Waals surface area contributed by atoms with Crippen LogP contribution in [-0.4, -0.2) is 30.1 Å². The first-order valence-electron chi connectivity index (χ1n) is 12.7. The van der Waals surface area contributed by atoms with Crippen molar-refractivity contribution >= 4 is 22.2 Å². The van der Waals surface area contributed by atoms with E-state index in [0.717, 1.165) is 46.3 Å². The Kier molecular flexibility index (Phi) is 7.58. The number of thiophene rings is 1. The van der Waals surface area contributed by atoms with Gasteiger partial charge < -0.3 is 4.98 Å². The zero-order chi connectivity index (χ0) is 25.8. The van der Waals surface area contributed by atoms with E-state index in [1.807, 2.05) is 16.8 Å². The predicted molar refractivity (Wildman–Crippen MR) is 149 cm³/mol. The third-order valence-corrected chi connectivity index (χ3v) is 7.70. The fourth-order valence-electron chi connectivity index (χ4n) is 5.02. The van der Waals surface area contributed by atoms with Crippen LogP contribution in [-0.2, 0) is 26.1 Å². The van der Waals surface area contributed by atoms with Gasteiger partial charge in [-0.05, 0) is 77.4 Å². The van der Waals surface area contributed by atoms with Crippen molar-refractivity contribution in [2.75, 3.05) is 0 Å². The van der Waals surface area contributed by atoms with Gasteiger partial charge in [0, 0.05) is 41.0 Å². The van der Waals surface area contributed by atoms with Gasteiger partial charge in [-0.25, -0.2) is 4.68 Å². The number of rotatable bonds is 10. The molecule has 1 atom stereocenters. The lowest BCUT2D eigenvalue weighted by Crippen LogP contribution is -2.32. The summed E-state index contributed by atoms with van der Waals surface area (Å²) >= 11 is 1.72. The average molecular weight is 513 g/mol. The van der Waals surface area contributed by atoms with Gasteiger partial charge in [0.25, 0.3) is 5.56 Å². The van der Waals surface area contributed by atoms with Gasteiger partial charge in [0.1, 0.15) is 0 Å². The van der Waals surface area contributed by atoms with E-state index in [0.29, 0.717) is 19.6 Å². The molecule has 0 unspecified atom stereocenters. The number of H-pyrrole nitrogens is 1. The molecule has 0 saturated heterocycles. The molecule has 0 aliphatic heterocycles. The normalized spacial score (nSPS) is 12.4. The molecule has 3 heterocycles. The number of aromatic amines is 1. The summed E-state index contributed by atoms with van der Waals surface area (Å²) in [6.07, 6.45) is 1.67. The number of nitrogens with zero attached hydrogens (tertiary/aromatic N) is 5. The van der Waals surface area contributed by atoms with E-state index in [2.05, 4.69) is 100 Å². The van der Waals surface area contributed by atoms with E-state index in [1.165, 1.54) is 10.4 Å². The van der Waals surface area contributed by atoms with Crippen LogP contribution in [0.3, 0.4) is 0 Å². The fraction of sp³-hybridized carbons (Fsp3) is 0.310. The van der Waals surface area contributed by atoms with E-state index in [9.17, 15) is 4.79 Å². The van der Waals surface area contributed by atoms with Crippen molar-refractivity contribution in [3.8, 4) is 0 Å². The van der Waals surface area contributed by atoms with Crippen molar-refractivity contribution in [2.45, 2.75) is 59.3 Å². The van der Waals surface area contributed by atoms with Crippen molar-refractivity contribution in [1.82, 2.24) is 30.1 Å². The van der Waals surface area contributed by atoms with Gasteiger partial charge in [0.2, 0.25) is 0 Å². The molecule has 0 aliphatic carbocycles. The molecule has 1 N–H and O–H groups in total. The predicted octanol–water partition coefficient (Wildman–Crippen LogP) is 5.59. The molecular weight excluding hydrogens is 480 g/mol. The molecule has 5 rings (SSSR count). The molecule has 0 bridgehead atoms. The van der Waals surface area contributed by atoms with Crippen molar-refractivity contribution in [2.24, 2.45) is 0 Å². The summed E-state index contributed by atoms with van der Waals surface area (Å²) in [6, 6.07) is 20.8. The van der Waals surface area contributed by atoms with Crippen LogP contribution in [0.25, 0.3) is 10.9 Å². The highest BCUT2D eigenvalue weighted by Crippen LogP contribution is 2.28. The molecule has 0 spiro atoms. The van der Waals surface area contributed by atoms with E-state index in [4.69, 9.17) is 0 Å². The minimum absolute atomic E-state index is 0.0397. The van der Waals surface area contributed by atoms with Crippen LogP contribution < -0.4 is 5.56 Å². The highest BCUT2D eigenvalue weighted by molar-refractivity contribution is 7.09. The van der Waals surface area contributed by atoms with Gasteiger partial charge in [-0.3, -0.25) is 9.69 Å². The van der Waals surface area contributed by atoms with Crippen LogP contribution in [0.15, 0.2) is 70.8 Å². The Labute approximate surface area is 220 Å². The summed E-state index contributed by atoms with van der Waals surface area (Å²) < 4.78 is 1.92. The van der Waals surface area contributed by atoms with Gasteiger partial charge in [0.15, 0.2) is 5.82 Å². The summed E-state index contributed by atoms with van der Waals surface area (Å²) in [7, 11) is 0. The number of aromatic nitrogens is 5. The third kappa shape index (κ3) is 5.70. The minimum atomic E-state index is -0.0489. The van der Waals surface area contributed by atoms with Crippen molar-refractivity contribution < 1.29 is 0 Å². The molecule has 0 saturated carbocycles. The topological polar surface area (TPSA) is 79.7 Å². The first kappa shape index (κ1) is 25.0. The number of hydrogen-bond acceptors (Lipinski definition) is 6. The molecule has 0 fully saturated rings. The Morgan fingerprint density at radius 2 is 1.89 bits per heavy atom. The number of tetrazole rings is 1. The van der Waals surface area contributed by atoms with Crippen molar-refractivity contribution in [3.05, 3.63) is 109 Å². The molecular formula is C29H32N6OS. The van der Waals surface area contributed by atoms with E-state index in [-0.39, 0.29) is 11.6 Å². The Morgan fingerprint density at radius 3 is 2.65 bits per heavy atom. The number of benzene rings is 2. The van der Waals surface area contributed by atoms with Gasteiger partial charge in [-0.2, -0.15) is 0 Å². The SMILES string of the molecule is CC[C@@H](c1nnnn1CCc1ccccc1)N(Cc1cccs1)Cc1cc2c(C)cc(C)cc2[nH]c1=O. The summed E-state index contributed by atoms with van der Waals surface area (Å²) in [5, 5.41) is 16.0. The van der Waals surface area contributed by atoms with E-state index in [1.54, 1.807) is 11.3 Å². The highest BCUT2D eigenvalue weighted by Gasteiger charge is 2.26. The molecule has 7 nitrogen and oxygen atoms in total. The molecule has 8 heteroatoms. The Bertz CT molecular complexity index is 1520. The highest BCUT2D eigenvalue weighted by atomic mass is 32.1. The Balaban J connectivity index is 1.47. The molecule has 37 heavy (non-hydrogen) atoms. The standard InChI is InChI=1S/C29H32N6OS/c1-4-27(28-31-32-33-35(28)13-12-22-9-6-5-7-10-22)34(19-24-11-8-14-37-24)18-23-17-25-21(3)15-20(2)16-26(25)30-29(23)36/h5-11,14-17,27H,4,12-13,18-19H2,1-3H3,(H,30,36)/t27-/m0/s1. The second kappa shape index (κ2) is 11.2. The zero-order valence-electron chi connectivity index (χ0n) is 21.5. The summed E-state index contributed by atoms with van der Waals surface area (Å²) in [5.74, 6) is 0.832. The largest absolute Gasteiger partial charge is 0.322 e. The quantitative estimate of drug-likeness (QED) is 0.264. The lowest BCUT2D eigenvalue weighted by atomic mass is 10.0. The first-order chi connectivity index (χ1) is 18.0. The van der Waals surface area contributed by atoms with E-state index >= 15 is 0 Å². The maximum absolute atomic E-state index is 13.2. The lowest BCUT2D eigenvalue weighted by molar-refractivity contribution is 0.162. The number of hydrogen-bond donors (Lipinski definition) is 1. The smallest absolute Gasteiger partial charge is 0.252 e. The Hall–Kier alpha value is -3.62. The number of pyridine rings is 1.